The quantitative estimate of drug-likeness (QED) is 0.542. The van der Waals surface area contributed by atoms with E-state index < -0.39 is 5.60 Å². The molecule has 3 aromatic rings. The lowest BCUT2D eigenvalue weighted by Gasteiger charge is -2.29. The smallest absolute Gasteiger partial charge is 0.410 e. The summed E-state index contributed by atoms with van der Waals surface area (Å²) in [4.78, 5) is 22.2. The van der Waals surface area contributed by atoms with Gasteiger partial charge in [-0.05, 0) is 82.9 Å². The topological polar surface area (TPSA) is 58.2 Å². The van der Waals surface area contributed by atoms with Crippen LogP contribution in [0.2, 0.25) is 0 Å². The molecule has 0 unspecified atom stereocenters. The highest BCUT2D eigenvalue weighted by atomic mass is 16.6. The zero-order valence-corrected chi connectivity index (χ0v) is 19.3. The molecule has 1 aliphatic heterocycles. The standard InChI is InChI=1S/C26H31N3O2/c1-16-13-21(14-17(2)27-16)24-18(3)22-8-7-20(15-23(22)28-24)19-9-11-29(12-10-19)25(30)31-26(4,5)6/h7-9,13-15,28H,10-12H2,1-6H3. The van der Waals surface area contributed by atoms with E-state index in [9.17, 15) is 4.79 Å². The maximum atomic E-state index is 12.3. The molecule has 0 saturated heterocycles. The Morgan fingerprint density at radius 2 is 1.77 bits per heavy atom. The van der Waals surface area contributed by atoms with Gasteiger partial charge in [0.2, 0.25) is 0 Å². The van der Waals surface area contributed by atoms with Crippen LogP contribution in [-0.4, -0.2) is 39.7 Å². The van der Waals surface area contributed by atoms with Crippen molar-refractivity contribution < 1.29 is 9.53 Å². The minimum Gasteiger partial charge on any atom is -0.444 e. The highest BCUT2D eigenvalue weighted by Crippen LogP contribution is 2.33. The Morgan fingerprint density at radius 3 is 2.39 bits per heavy atom. The van der Waals surface area contributed by atoms with Crippen LogP contribution in [0.15, 0.2) is 36.4 Å². The molecule has 4 rings (SSSR count). The van der Waals surface area contributed by atoms with Crippen LogP contribution >= 0.6 is 0 Å². The number of carbonyl (C=O) groups excluding carboxylic acids is 1. The van der Waals surface area contributed by atoms with Gasteiger partial charge in [0, 0.05) is 46.6 Å². The van der Waals surface area contributed by atoms with Gasteiger partial charge in [-0.2, -0.15) is 0 Å². The van der Waals surface area contributed by atoms with Gasteiger partial charge in [-0.15, -0.1) is 0 Å². The van der Waals surface area contributed by atoms with Crippen molar-refractivity contribution in [1.29, 1.82) is 0 Å². The molecule has 0 saturated carbocycles. The van der Waals surface area contributed by atoms with E-state index in [0.29, 0.717) is 13.1 Å². The fourth-order valence-electron chi connectivity index (χ4n) is 4.23. The zero-order chi connectivity index (χ0) is 22.3. The summed E-state index contributed by atoms with van der Waals surface area (Å²) in [5.74, 6) is 0. The second-order valence-corrected chi connectivity index (χ2v) is 9.43. The average molecular weight is 418 g/mol. The van der Waals surface area contributed by atoms with Crippen molar-refractivity contribution in [3.8, 4) is 11.3 Å². The molecule has 0 atom stereocenters. The van der Waals surface area contributed by atoms with Gasteiger partial charge in [-0.3, -0.25) is 4.98 Å². The number of ether oxygens (including phenoxy) is 1. The van der Waals surface area contributed by atoms with Crippen molar-refractivity contribution in [3.05, 3.63) is 58.9 Å². The van der Waals surface area contributed by atoms with Gasteiger partial charge in [-0.1, -0.05) is 18.2 Å². The molecule has 2 aromatic heterocycles. The maximum Gasteiger partial charge on any atom is 0.410 e. The summed E-state index contributed by atoms with van der Waals surface area (Å²) in [5.41, 5.74) is 8.75. The van der Waals surface area contributed by atoms with Gasteiger partial charge in [0.05, 0.1) is 0 Å². The Kier molecular flexibility index (Phi) is 5.38. The average Bonchev–Trinajstić information content (AvgIpc) is 3.02. The molecule has 1 aromatic carbocycles. The minimum absolute atomic E-state index is 0.245. The van der Waals surface area contributed by atoms with Gasteiger partial charge in [-0.25, -0.2) is 4.79 Å². The predicted octanol–water partition coefficient (Wildman–Crippen LogP) is 6.18. The van der Waals surface area contributed by atoms with E-state index in [-0.39, 0.29) is 6.09 Å². The van der Waals surface area contributed by atoms with Crippen molar-refractivity contribution in [1.82, 2.24) is 14.9 Å². The number of hydrogen-bond acceptors (Lipinski definition) is 3. The second kappa shape index (κ2) is 7.88. The monoisotopic (exact) mass is 417 g/mol. The Labute approximate surface area is 184 Å². The Bertz CT molecular complexity index is 1160. The van der Waals surface area contributed by atoms with Gasteiger partial charge in [0.25, 0.3) is 0 Å². The summed E-state index contributed by atoms with van der Waals surface area (Å²) in [6.45, 7) is 13.2. The fourth-order valence-corrected chi connectivity index (χ4v) is 4.23. The van der Waals surface area contributed by atoms with Crippen LogP contribution in [0.5, 0.6) is 0 Å². The van der Waals surface area contributed by atoms with Crippen LogP contribution in [-0.2, 0) is 4.74 Å². The first-order chi connectivity index (χ1) is 14.6. The lowest BCUT2D eigenvalue weighted by Crippen LogP contribution is -2.39. The van der Waals surface area contributed by atoms with Crippen LogP contribution in [0.3, 0.4) is 0 Å². The van der Waals surface area contributed by atoms with Crippen molar-refractivity contribution >= 4 is 22.6 Å². The molecule has 5 nitrogen and oxygen atoms in total. The van der Waals surface area contributed by atoms with Gasteiger partial charge in [0.15, 0.2) is 0 Å². The number of H-pyrrole nitrogens is 1. The van der Waals surface area contributed by atoms with E-state index in [1.54, 1.807) is 4.90 Å². The zero-order valence-electron chi connectivity index (χ0n) is 19.3. The van der Waals surface area contributed by atoms with Gasteiger partial charge in [0.1, 0.15) is 5.60 Å². The number of nitrogens with zero attached hydrogens (tertiary/aromatic N) is 2. The highest BCUT2D eigenvalue weighted by Gasteiger charge is 2.24. The molecule has 162 valence electrons. The van der Waals surface area contributed by atoms with Gasteiger partial charge >= 0.3 is 6.09 Å². The number of aromatic nitrogens is 2. The molecule has 5 heteroatoms. The fraction of sp³-hybridized carbons (Fsp3) is 0.385. The Morgan fingerprint density at radius 1 is 1.06 bits per heavy atom. The summed E-state index contributed by atoms with van der Waals surface area (Å²) < 4.78 is 5.50. The van der Waals surface area contributed by atoms with E-state index in [4.69, 9.17) is 4.74 Å². The van der Waals surface area contributed by atoms with E-state index in [0.717, 1.165) is 29.0 Å². The van der Waals surface area contributed by atoms with E-state index in [1.165, 1.54) is 27.6 Å². The first-order valence-corrected chi connectivity index (χ1v) is 10.9. The number of nitrogens with one attached hydrogen (secondary N) is 1. The molecule has 0 spiro atoms. The van der Waals surface area contributed by atoms with Crippen LogP contribution in [0.4, 0.5) is 4.79 Å². The number of amides is 1. The number of carbonyl (C=O) groups is 1. The molecule has 1 amide bonds. The van der Waals surface area contributed by atoms with Crippen molar-refractivity contribution in [2.24, 2.45) is 0 Å². The molecule has 1 N–H and O–H groups in total. The minimum atomic E-state index is -0.471. The largest absolute Gasteiger partial charge is 0.444 e. The third kappa shape index (κ3) is 4.50. The summed E-state index contributed by atoms with van der Waals surface area (Å²) in [6, 6.07) is 10.9. The van der Waals surface area contributed by atoms with E-state index in [2.05, 4.69) is 53.3 Å². The molecule has 31 heavy (non-hydrogen) atoms. The first-order valence-electron chi connectivity index (χ1n) is 10.9. The SMILES string of the molecule is Cc1cc(-c2[nH]c3cc(C4=CCN(C(=O)OC(C)(C)C)CC4)ccc3c2C)cc(C)n1. The summed E-state index contributed by atoms with van der Waals surface area (Å²) in [6.07, 6.45) is 2.71. The Hall–Kier alpha value is -3.08. The normalized spacial score (nSPS) is 14.6. The summed E-state index contributed by atoms with van der Waals surface area (Å²) in [5, 5.41) is 1.23. The number of fused-ring (bicyclic) bond motifs is 1. The highest BCUT2D eigenvalue weighted by molar-refractivity contribution is 5.92. The molecular formula is C26H31N3O2. The molecule has 0 fully saturated rings. The van der Waals surface area contributed by atoms with Crippen LogP contribution in [0.1, 0.15) is 49.7 Å². The Balaban J connectivity index is 1.60. The molecule has 0 radical (unpaired) electrons. The van der Waals surface area contributed by atoms with E-state index in [1.807, 2.05) is 34.6 Å². The van der Waals surface area contributed by atoms with Crippen LogP contribution < -0.4 is 0 Å². The summed E-state index contributed by atoms with van der Waals surface area (Å²) >= 11 is 0. The second-order valence-electron chi connectivity index (χ2n) is 9.43. The third-order valence-electron chi connectivity index (χ3n) is 5.66. The van der Waals surface area contributed by atoms with Crippen molar-refractivity contribution in [3.63, 3.8) is 0 Å². The molecule has 0 aliphatic carbocycles. The number of aromatic amines is 1. The number of rotatable bonds is 2. The van der Waals surface area contributed by atoms with Crippen LogP contribution in [0.25, 0.3) is 27.7 Å². The molecule has 1 aliphatic rings. The molecule has 0 bridgehead atoms. The number of aryl methyl sites for hydroxylation is 3. The number of hydrogen-bond donors (Lipinski definition) is 1. The molecule has 3 heterocycles. The van der Waals surface area contributed by atoms with Crippen molar-refractivity contribution in [2.75, 3.05) is 13.1 Å². The first kappa shape index (κ1) is 21.2. The summed E-state index contributed by atoms with van der Waals surface area (Å²) in [7, 11) is 0. The lowest BCUT2D eigenvalue weighted by molar-refractivity contribution is 0.0270. The third-order valence-corrected chi connectivity index (χ3v) is 5.66. The predicted molar refractivity (Wildman–Crippen MR) is 126 cm³/mol. The van der Waals surface area contributed by atoms with Gasteiger partial charge < -0.3 is 14.6 Å². The molecular weight excluding hydrogens is 386 g/mol. The van der Waals surface area contributed by atoms with E-state index >= 15 is 0 Å². The van der Waals surface area contributed by atoms with Crippen molar-refractivity contribution in [2.45, 2.75) is 53.6 Å². The maximum absolute atomic E-state index is 12.3. The van der Waals surface area contributed by atoms with Crippen LogP contribution in [0, 0.1) is 20.8 Å². The number of pyridine rings is 1. The lowest BCUT2D eigenvalue weighted by atomic mass is 9.98. The number of benzene rings is 1.